The third-order valence-corrected chi connectivity index (χ3v) is 7.11. The zero-order chi connectivity index (χ0) is 25.5. The molecule has 0 saturated heterocycles. The Kier molecular flexibility index (Phi) is 5.68. The first-order valence-corrected chi connectivity index (χ1v) is 12.3. The quantitative estimate of drug-likeness (QED) is 0.321. The molecule has 6 rings (SSSR count). The van der Waals surface area contributed by atoms with Crippen molar-refractivity contribution in [1.29, 1.82) is 0 Å². The second-order valence-electron chi connectivity index (χ2n) is 9.35. The van der Waals surface area contributed by atoms with Crippen LogP contribution in [0.15, 0.2) is 99.5 Å². The molecule has 184 valence electrons. The lowest BCUT2D eigenvalue weighted by Gasteiger charge is -2.15. The number of hydrogen-bond acceptors (Lipinski definition) is 3. The summed E-state index contributed by atoms with van der Waals surface area (Å²) >= 11 is 0. The Balaban J connectivity index is 1.46. The highest BCUT2D eigenvalue weighted by molar-refractivity contribution is 5.82. The number of pyridine rings is 1. The molecule has 0 spiro atoms. The Morgan fingerprint density at radius 2 is 1.65 bits per heavy atom. The molecule has 37 heavy (non-hydrogen) atoms. The van der Waals surface area contributed by atoms with Crippen molar-refractivity contribution in [2.24, 2.45) is 4.99 Å². The summed E-state index contributed by atoms with van der Waals surface area (Å²) in [4.78, 5) is 31.7. The summed E-state index contributed by atoms with van der Waals surface area (Å²) in [5.41, 5.74) is 4.49. The molecule has 1 aliphatic heterocycles. The molecule has 1 aliphatic rings. The molecule has 0 amide bonds. The van der Waals surface area contributed by atoms with Gasteiger partial charge in [-0.15, -0.1) is 0 Å². The molecule has 2 aromatic heterocycles. The minimum atomic E-state index is -0.324. The van der Waals surface area contributed by atoms with Gasteiger partial charge in [-0.1, -0.05) is 48.5 Å². The standard InChI is InChI=1S/C30H25FN4O2/c1-20-29-27(17-28(36)33(20)16-15-22-18-32-26-10-6-5-9-25(22)26)34(19-21-11-13-23(31)14-12-21)35(30(29)37)24-7-3-2-4-8-24/h2-14,17-18,22H,15-16,19H2,1H3/t22-/m1/s1. The highest BCUT2D eigenvalue weighted by atomic mass is 19.1. The van der Waals surface area contributed by atoms with Gasteiger partial charge in [0, 0.05) is 30.4 Å². The van der Waals surface area contributed by atoms with Gasteiger partial charge < -0.3 is 4.57 Å². The Bertz CT molecular complexity index is 1760. The van der Waals surface area contributed by atoms with Crippen molar-refractivity contribution < 1.29 is 4.39 Å². The minimum absolute atomic E-state index is 0.127. The monoisotopic (exact) mass is 492 g/mol. The number of aliphatic imine (C=N–C) groups is 1. The van der Waals surface area contributed by atoms with Crippen LogP contribution >= 0.6 is 0 Å². The highest BCUT2D eigenvalue weighted by Crippen LogP contribution is 2.34. The third-order valence-electron chi connectivity index (χ3n) is 7.11. The number of hydrogen-bond donors (Lipinski definition) is 0. The van der Waals surface area contributed by atoms with Crippen LogP contribution in [-0.4, -0.2) is 20.1 Å². The Hall–Kier alpha value is -4.52. The summed E-state index contributed by atoms with van der Waals surface area (Å²) in [6, 6.07) is 25.1. The van der Waals surface area contributed by atoms with Crippen LogP contribution in [0, 0.1) is 12.7 Å². The van der Waals surface area contributed by atoms with Gasteiger partial charge in [-0.25, -0.2) is 9.07 Å². The summed E-state index contributed by atoms with van der Waals surface area (Å²) in [5, 5.41) is 0.506. The highest BCUT2D eigenvalue weighted by Gasteiger charge is 2.22. The van der Waals surface area contributed by atoms with Crippen molar-refractivity contribution in [3.8, 4) is 5.69 Å². The van der Waals surface area contributed by atoms with Crippen LogP contribution in [0.4, 0.5) is 10.1 Å². The van der Waals surface area contributed by atoms with Crippen molar-refractivity contribution in [3.05, 3.63) is 128 Å². The van der Waals surface area contributed by atoms with Crippen molar-refractivity contribution in [1.82, 2.24) is 13.9 Å². The molecule has 1 atom stereocenters. The van der Waals surface area contributed by atoms with E-state index in [4.69, 9.17) is 0 Å². The Morgan fingerprint density at radius 3 is 2.43 bits per heavy atom. The molecule has 5 aromatic rings. The molecule has 3 heterocycles. The van der Waals surface area contributed by atoms with Crippen LogP contribution in [0.1, 0.15) is 29.2 Å². The summed E-state index contributed by atoms with van der Waals surface area (Å²) < 4.78 is 18.6. The Morgan fingerprint density at radius 1 is 0.919 bits per heavy atom. The number of aromatic nitrogens is 3. The minimum Gasteiger partial charge on any atom is -0.312 e. The summed E-state index contributed by atoms with van der Waals surface area (Å²) in [6.07, 6.45) is 2.64. The first-order valence-electron chi connectivity index (χ1n) is 12.3. The van der Waals surface area contributed by atoms with Gasteiger partial charge in [0.25, 0.3) is 11.1 Å². The molecular formula is C30H25FN4O2. The van der Waals surface area contributed by atoms with Crippen LogP contribution < -0.4 is 11.1 Å². The van der Waals surface area contributed by atoms with Gasteiger partial charge >= 0.3 is 0 Å². The molecule has 0 radical (unpaired) electrons. The SMILES string of the molecule is Cc1c2c(=O)n(-c3ccccc3)n(Cc3ccc(F)cc3)c2cc(=O)n1CC[C@@H]1C=Nc2ccccc21. The van der Waals surface area contributed by atoms with E-state index in [1.807, 2.05) is 61.7 Å². The predicted octanol–water partition coefficient (Wildman–Crippen LogP) is 5.34. The van der Waals surface area contributed by atoms with Crippen molar-refractivity contribution in [2.75, 3.05) is 0 Å². The summed E-state index contributed by atoms with van der Waals surface area (Å²) in [5.74, 6) is -0.197. The van der Waals surface area contributed by atoms with E-state index in [-0.39, 0.29) is 22.9 Å². The lowest BCUT2D eigenvalue weighted by molar-refractivity contribution is 0.596. The summed E-state index contributed by atoms with van der Waals surface area (Å²) in [7, 11) is 0. The van der Waals surface area contributed by atoms with Crippen molar-refractivity contribution in [3.63, 3.8) is 0 Å². The van der Waals surface area contributed by atoms with Gasteiger partial charge in [0.2, 0.25) is 0 Å². The molecule has 0 bridgehead atoms. The van der Waals surface area contributed by atoms with Crippen LogP contribution in [0.2, 0.25) is 0 Å². The van der Waals surface area contributed by atoms with Gasteiger partial charge in [-0.2, -0.15) is 0 Å². The van der Waals surface area contributed by atoms with E-state index in [9.17, 15) is 14.0 Å². The first kappa shape index (κ1) is 22.9. The van der Waals surface area contributed by atoms with Crippen molar-refractivity contribution >= 4 is 22.8 Å². The van der Waals surface area contributed by atoms with E-state index in [2.05, 4.69) is 11.1 Å². The molecule has 0 aliphatic carbocycles. The zero-order valence-electron chi connectivity index (χ0n) is 20.3. The molecule has 3 aromatic carbocycles. The molecule has 0 unspecified atom stereocenters. The van der Waals surface area contributed by atoms with Gasteiger partial charge in [-0.05, 0) is 54.8 Å². The van der Waals surface area contributed by atoms with Crippen LogP contribution in [-0.2, 0) is 13.1 Å². The van der Waals surface area contributed by atoms with Crippen LogP contribution in [0.5, 0.6) is 0 Å². The third kappa shape index (κ3) is 4.02. The number of rotatable bonds is 6. The smallest absolute Gasteiger partial charge is 0.281 e. The van der Waals surface area contributed by atoms with Gasteiger partial charge in [0.1, 0.15) is 5.82 Å². The first-order chi connectivity index (χ1) is 18.0. The average molecular weight is 493 g/mol. The fraction of sp³-hybridized carbons (Fsp3) is 0.167. The maximum Gasteiger partial charge on any atom is 0.281 e. The summed E-state index contributed by atoms with van der Waals surface area (Å²) in [6.45, 7) is 2.62. The van der Waals surface area contributed by atoms with E-state index < -0.39 is 0 Å². The van der Waals surface area contributed by atoms with Crippen molar-refractivity contribution in [2.45, 2.75) is 32.4 Å². The average Bonchev–Trinajstić information content (AvgIpc) is 3.44. The number of benzene rings is 3. The van der Waals surface area contributed by atoms with E-state index in [0.717, 1.165) is 16.8 Å². The van der Waals surface area contributed by atoms with E-state index in [1.54, 1.807) is 32.1 Å². The lowest BCUT2D eigenvalue weighted by Crippen LogP contribution is -2.24. The molecule has 6 nitrogen and oxygen atoms in total. The van der Waals surface area contributed by atoms with E-state index >= 15 is 0 Å². The predicted molar refractivity (Wildman–Crippen MR) is 144 cm³/mol. The fourth-order valence-corrected chi connectivity index (χ4v) is 5.23. The molecule has 0 saturated carbocycles. The second kappa shape index (κ2) is 9.17. The largest absolute Gasteiger partial charge is 0.312 e. The van der Waals surface area contributed by atoms with Gasteiger partial charge in [-0.3, -0.25) is 19.3 Å². The number of nitrogens with zero attached hydrogens (tertiary/aromatic N) is 4. The number of halogens is 1. The van der Waals surface area contributed by atoms with Gasteiger partial charge in [0.05, 0.1) is 28.8 Å². The second-order valence-corrected chi connectivity index (χ2v) is 9.35. The van der Waals surface area contributed by atoms with Crippen LogP contribution in [0.3, 0.4) is 0 Å². The molecule has 0 fully saturated rings. The molecule has 0 N–H and O–H groups in total. The zero-order valence-corrected chi connectivity index (χ0v) is 20.3. The normalized spacial score (nSPS) is 14.4. The maximum absolute atomic E-state index is 13.8. The van der Waals surface area contributed by atoms with Gasteiger partial charge in [0.15, 0.2) is 0 Å². The number of aryl methyl sites for hydroxylation is 1. The van der Waals surface area contributed by atoms with E-state index in [0.29, 0.717) is 41.8 Å². The molecule has 7 heteroatoms. The van der Waals surface area contributed by atoms with E-state index in [1.165, 1.54) is 12.1 Å². The Labute approximate surface area is 212 Å². The maximum atomic E-state index is 13.8. The molecular weight excluding hydrogens is 467 g/mol. The number of para-hydroxylation sites is 2. The lowest BCUT2D eigenvalue weighted by atomic mass is 9.98. The number of fused-ring (bicyclic) bond motifs is 2. The topological polar surface area (TPSA) is 61.3 Å². The van der Waals surface area contributed by atoms with Crippen LogP contribution in [0.25, 0.3) is 16.6 Å². The fourth-order valence-electron chi connectivity index (χ4n) is 5.23.